The third kappa shape index (κ3) is 3.62. The van der Waals surface area contributed by atoms with Crippen molar-refractivity contribution in [3.05, 3.63) is 67.9 Å². The number of nitro benzene ring substituents is 1. The van der Waals surface area contributed by atoms with Gasteiger partial charge in [0.1, 0.15) is 5.82 Å². The molecular weight excluding hydrogens is 270 g/mol. The molecule has 0 unspecified atom stereocenters. The van der Waals surface area contributed by atoms with E-state index in [1.54, 1.807) is 30.4 Å². The van der Waals surface area contributed by atoms with Gasteiger partial charge in [-0.1, -0.05) is 26.0 Å². The molecule has 0 aliphatic carbocycles. The Kier molecular flexibility index (Phi) is 4.27. The smallest absolute Gasteiger partial charge is 0.276 e. The van der Waals surface area contributed by atoms with E-state index >= 15 is 0 Å². The molecule has 0 amide bonds. The second kappa shape index (κ2) is 6.13. The van der Waals surface area contributed by atoms with E-state index in [4.69, 9.17) is 0 Å². The van der Waals surface area contributed by atoms with E-state index < -0.39 is 4.92 Å². The number of hydrogen-bond donors (Lipinski definition) is 1. The Morgan fingerprint density at radius 2 is 2.00 bits per heavy atom. The second-order valence-electron chi connectivity index (χ2n) is 4.86. The van der Waals surface area contributed by atoms with Gasteiger partial charge < -0.3 is 4.98 Å². The normalized spacial score (nSPS) is 11.2. The summed E-state index contributed by atoms with van der Waals surface area (Å²) in [5.41, 5.74) is 0.717. The van der Waals surface area contributed by atoms with Gasteiger partial charge in [-0.05, 0) is 18.2 Å². The molecule has 2 aromatic rings. The summed E-state index contributed by atoms with van der Waals surface area (Å²) in [4.78, 5) is 29.0. The van der Waals surface area contributed by atoms with Crippen LogP contribution in [0.5, 0.6) is 0 Å². The third-order valence-corrected chi connectivity index (χ3v) is 2.89. The molecule has 108 valence electrons. The molecule has 6 nitrogen and oxygen atoms in total. The summed E-state index contributed by atoms with van der Waals surface area (Å²) in [6.07, 6.45) is 3.19. The lowest BCUT2D eigenvalue weighted by Crippen LogP contribution is -2.12. The largest absolute Gasteiger partial charge is 0.310 e. The molecule has 1 aromatic heterocycles. The fraction of sp³-hybridized carbons (Fsp3) is 0.200. The lowest BCUT2D eigenvalue weighted by molar-refractivity contribution is -0.385. The van der Waals surface area contributed by atoms with Crippen molar-refractivity contribution in [2.75, 3.05) is 0 Å². The summed E-state index contributed by atoms with van der Waals surface area (Å²) < 4.78 is 0. The number of rotatable bonds is 4. The van der Waals surface area contributed by atoms with Crippen LogP contribution < -0.4 is 5.56 Å². The van der Waals surface area contributed by atoms with Crippen LogP contribution in [-0.4, -0.2) is 14.9 Å². The van der Waals surface area contributed by atoms with E-state index in [9.17, 15) is 14.9 Å². The van der Waals surface area contributed by atoms with Crippen LogP contribution in [0, 0.1) is 10.1 Å². The number of nitrogens with one attached hydrogen (secondary N) is 1. The van der Waals surface area contributed by atoms with Crippen molar-refractivity contribution in [2.45, 2.75) is 19.8 Å². The molecule has 0 radical (unpaired) electrons. The van der Waals surface area contributed by atoms with Crippen LogP contribution in [0.25, 0.3) is 12.2 Å². The zero-order valence-corrected chi connectivity index (χ0v) is 11.7. The zero-order valence-electron chi connectivity index (χ0n) is 11.7. The summed E-state index contributed by atoms with van der Waals surface area (Å²) in [7, 11) is 0. The number of benzene rings is 1. The van der Waals surface area contributed by atoms with Gasteiger partial charge in [-0.15, -0.1) is 0 Å². The van der Waals surface area contributed by atoms with Gasteiger partial charge in [-0.2, -0.15) is 0 Å². The van der Waals surface area contributed by atoms with Gasteiger partial charge in [-0.25, -0.2) is 4.98 Å². The van der Waals surface area contributed by atoms with Gasteiger partial charge in [0.2, 0.25) is 0 Å². The number of aromatic amines is 1. The molecule has 0 aliphatic rings. The van der Waals surface area contributed by atoms with Crippen molar-refractivity contribution in [1.29, 1.82) is 0 Å². The fourth-order valence-corrected chi connectivity index (χ4v) is 1.82. The van der Waals surface area contributed by atoms with E-state index in [2.05, 4.69) is 9.97 Å². The SMILES string of the molecule is CC(C)c1nc(/C=C/c2ccccc2[N+](=O)[O-])cc(=O)[nH]1. The van der Waals surface area contributed by atoms with Crippen LogP contribution in [0.2, 0.25) is 0 Å². The summed E-state index contributed by atoms with van der Waals surface area (Å²) in [5, 5.41) is 10.9. The van der Waals surface area contributed by atoms with Gasteiger partial charge in [-0.3, -0.25) is 14.9 Å². The third-order valence-electron chi connectivity index (χ3n) is 2.89. The molecule has 1 heterocycles. The zero-order chi connectivity index (χ0) is 15.4. The highest BCUT2D eigenvalue weighted by Crippen LogP contribution is 2.20. The summed E-state index contributed by atoms with van der Waals surface area (Å²) in [6.45, 7) is 3.85. The van der Waals surface area contributed by atoms with Gasteiger partial charge in [0.15, 0.2) is 0 Å². The number of aromatic nitrogens is 2. The molecule has 21 heavy (non-hydrogen) atoms. The molecule has 1 N–H and O–H groups in total. The number of nitro groups is 1. The maximum Gasteiger partial charge on any atom is 0.276 e. The number of para-hydroxylation sites is 1. The van der Waals surface area contributed by atoms with Gasteiger partial charge in [0.05, 0.1) is 16.2 Å². The van der Waals surface area contributed by atoms with Crippen LogP contribution in [0.15, 0.2) is 35.1 Å². The highest BCUT2D eigenvalue weighted by Gasteiger charge is 2.09. The minimum absolute atomic E-state index is 0.0164. The molecular formula is C15H15N3O3. The molecule has 1 aromatic carbocycles. The molecule has 0 fully saturated rings. The Labute approximate surface area is 121 Å². The standard InChI is InChI=1S/C15H15N3O3/c1-10(2)15-16-12(9-14(19)17-15)8-7-11-5-3-4-6-13(11)18(20)21/h3-10H,1-2H3,(H,16,17,19)/b8-7+. The van der Waals surface area contributed by atoms with Crippen molar-refractivity contribution in [3.63, 3.8) is 0 Å². The predicted molar refractivity (Wildman–Crippen MR) is 81.0 cm³/mol. The van der Waals surface area contributed by atoms with Gasteiger partial charge >= 0.3 is 0 Å². The monoisotopic (exact) mass is 285 g/mol. The van der Waals surface area contributed by atoms with E-state index in [0.717, 1.165) is 0 Å². The molecule has 0 bridgehead atoms. The Morgan fingerprint density at radius 1 is 1.29 bits per heavy atom. The Hall–Kier alpha value is -2.76. The second-order valence-corrected chi connectivity index (χ2v) is 4.86. The van der Waals surface area contributed by atoms with Gasteiger partial charge in [0, 0.05) is 18.1 Å². The highest BCUT2D eigenvalue weighted by atomic mass is 16.6. The summed E-state index contributed by atoms with van der Waals surface area (Å²) in [6, 6.07) is 7.77. The van der Waals surface area contributed by atoms with Crippen LogP contribution in [0.1, 0.15) is 36.8 Å². The number of nitrogens with zero attached hydrogens (tertiary/aromatic N) is 2. The molecule has 2 rings (SSSR count). The van der Waals surface area contributed by atoms with Crippen LogP contribution in [0.4, 0.5) is 5.69 Å². The first-order chi connectivity index (χ1) is 9.97. The molecule has 0 spiro atoms. The fourth-order valence-electron chi connectivity index (χ4n) is 1.82. The predicted octanol–water partition coefficient (Wildman–Crippen LogP) is 2.97. The van der Waals surface area contributed by atoms with E-state index in [-0.39, 0.29) is 17.2 Å². The first kappa shape index (κ1) is 14.6. The Morgan fingerprint density at radius 3 is 2.67 bits per heavy atom. The van der Waals surface area contributed by atoms with Crippen LogP contribution in [0.3, 0.4) is 0 Å². The maximum absolute atomic E-state index is 11.6. The van der Waals surface area contributed by atoms with Crippen molar-refractivity contribution < 1.29 is 4.92 Å². The molecule has 0 aliphatic heterocycles. The van der Waals surface area contributed by atoms with Crippen molar-refractivity contribution in [1.82, 2.24) is 9.97 Å². The molecule has 0 saturated heterocycles. The van der Waals surface area contributed by atoms with Crippen molar-refractivity contribution in [2.24, 2.45) is 0 Å². The molecule has 6 heteroatoms. The minimum Gasteiger partial charge on any atom is -0.310 e. The van der Waals surface area contributed by atoms with Crippen molar-refractivity contribution in [3.8, 4) is 0 Å². The quantitative estimate of drug-likeness (QED) is 0.690. The average Bonchev–Trinajstić information content (AvgIpc) is 2.44. The Bertz CT molecular complexity index is 748. The summed E-state index contributed by atoms with van der Waals surface area (Å²) >= 11 is 0. The number of H-pyrrole nitrogens is 1. The van der Waals surface area contributed by atoms with Crippen LogP contribution in [-0.2, 0) is 0 Å². The maximum atomic E-state index is 11.6. The molecule has 0 atom stereocenters. The number of hydrogen-bond acceptors (Lipinski definition) is 4. The van der Waals surface area contributed by atoms with E-state index in [1.165, 1.54) is 12.1 Å². The topological polar surface area (TPSA) is 88.9 Å². The highest BCUT2D eigenvalue weighted by molar-refractivity contribution is 5.72. The van der Waals surface area contributed by atoms with E-state index in [1.807, 2.05) is 13.8 Å². The van der Waals surface area contributed by atoms with Crippen molar-refractivity contribution >= 4 is 17.8 Å². The lowest BCUT2D eigenvalue weighted by Gasteiger charge is -2.04. The van der Waals surface area contributed by atoms with Crippen LogP contribution >= 0.6 is 0 Å². The lowest BCUT2D eigenvalue weighted by atomic mass is 10.1. The van der Waals surface area contributed by atoms with Gasteiger partial charge in [0.25, 0.3) is 11.2 Å². The van der Waals surface area contributed by atoms with E-state index in [0.29, 0.717) is 17.1 Å². The average molecular weight is 285 g/mol. The summed E-state index contributed by atoms with van der Waals surface area (Å²) in [5.74, 6) is 0.682. The minimum atomic E-state index is -0.440. The first-order valence-electron chi connectivity index (χ1n) is 6.50. The molecule has 0 saturated carbocycles. The first-order valence-corrected chi connectivity index (χ1v) is 6.50. The Balaban J connectivity index is 2.38.